The second-order valence-electron chi connectivity index (χ2n) is 7.42. The third kappa shape index (κ3) is 3.82. The van der Waals surface area contributed by atoms with Crippen molar-refractivity contribution in [2.24, 2.45) is 0 Å². The number of para-hydroxylation sites is 2. The van der Waals surface area contributed by atoms with Gasteiger partial charge < -0.3 is 14.8 Å². The molecule has 0 radical (unpaired) electrons. The van der Waals surface area contributed by atoms with Gasteiger partial charge in [0.1, 0.15) is 5.82 Å². The lowest BCUT2D eigenvalue weighted by molar-refractivity contribution is -0.131. The number of amides is 1. The van der Waals surface area contributed by atoms with E-state index in [1.54, 1.807) is 0 Å². The number of nitrogens with zero attached hydrogens (tertiary/aromatic N) is 3. The number of hydrogen-bond acceptors (Lipinski definition) is 3. The Balaban J connectivity index is 1.34. The van der Waals surface area contributed by atoms with Crippen molar-refractivity contribution in [3.05, 3.63) is 59.9 Å². The van der Waals surface area contributed by atoms with Crippen LogP contribution >= 0.6 is 0 Å². The molecule has 1 atom stereocenters. The lowest BCUT2D eigenvalue weighted by Gasteiger charge is -2.41. The number of imidazole rings is 1. The Morgan fingerprint density at radius 2 is 1.93 bits per heavy atom. The molecule has 0 saturated carbocycles. The number of fused-ring (bicyclic) bond motifs is 1. The zero-order chi connectivity index (χ0) is 18.8. The van der Waals surface area contributed by atoms with Crippen LogP contribution in [0.3, 0.4) is 0 Å². The van der Waals surface area contributed by atoms with Gasteiger partial charge in [-0.15, -0.1) is 0 Å². The van der Waals surface area contributed by atoms with Gasteiger partial charge in [0.15, 0.2) is 0 Å². The summed E-state index contributed by atoms with van der Waals surface area (Å²) in [6.45, 7) is 6.72. The zero-order valence-corrected chi connectivity index (χ0v) is 16.0. The molecule has 1 saturated heterocycles. The number of benzene rings is 2. The Morgan fingerprint density at radius 1 is 1.15 bits per heavy atom. The van der Waals surface area contributed by atoms with Gasteiger partial charge in [-0.3, -0.25) is 4.79 Å². The number of nitrogens with one attached hydrogen (secondary N) is 1. The minimum Gasteiger partial charge on any atom is -0.365 e. The summed E-state index contributed by atoms with van der Waals surface area (Å²) in [5.41, 5.74) is 4.49. The van der Waals surface area contributed by atoms with Gasteiger partial charge in [0, 0.05) is 44.2 Å². The molecule has 0 spiro atoms. The van der Waals surface area contributed by atoms with E-state index in [0.717, 1.165) is 36.5 Å². The van der Waals surface area contributed by atoms with Crippen molar-refractivity contribution in [1.29, 1.82) is 0 Å². The van der Waals surface area contributed by atoms with Crippen molar-refractivity contribution in [1.82, 2.24) is 14.9 Å². The monoisotopic (exact) mass is 362 g/mol. The van der Waals surface area contributed by atoms with Gasteiger partial charge in [0.25, 0.3) is 0 Å². The van der Waals surface area contributed by atoms with Crippen LogP contribution in [0.4, 0.5) is 5.69 Å². The third-order valence-corrected chi connectivity index (χ3v) is 5.36. The average molecular weight is 362 g/mol. The quantitative estimate of drug-likeness (QED) is 0.772. The maximum Gasteiger partial charge on any atom is 0.223 e. The van der Waals surface area contributed by atoms with E-state index in [9.17, 15) is 4.79 Å². The smallest absolute Gasteiger partial charge is 0.223 e. The molecule has 5 nitrogen and oxygen atoms in total. The van der Waals surface area contributed by atoms with Crippen LogP contribution in [0, 0.1) is 6.92 Å². The Hall–Kier alpha value is -2.82. The standard InChI is InChI=1S/C22H26N4O/c1-16-7-9-18(10-8-16)26-14-13-25(15-17(26)2)22(27)12-11-21-23-19-5-3-4-6-20(19)24-21/h3-10,17H,11-15H2,1-2H3,(H,23,24)/t17-/m0/s1. The molecular formula is C22H26N4O. The predicted octanol–water partition coefficient (Wildman–Crippen LogP) is 3.54. The SMILES string of the molecule is Cc1ccc(N2CCN(C(=O)CCc3nc4ccccc4[nH]3)C[C@@H]2C)cc1. The van der Waals surface area contributed by atoms with Gasteiger partial charge in [-0.05, 0) is 38.1 Å². The Morgan fingerprint density at radius 3 is 2.67 bits per heavy atom. The van der Waals surface area contributed by atoms with Gasteiger partial charge in [0.05, 0.1) is 11.0 Å². The highest BCUT2D eigenvalue weighted by atomic mass is 16.2. The first kappa shape index (κ1) is 17.6. The fraction of sp³-hybridized carbons (Fsp3) is 0.364. The maximum atomic E-state index is 12.7. The summed E-state index contributed by atoms with van der Waals surface area (Å²) < 4.78 is 0. The number of rotatable bonds is 4. The van der Waals surface area contributed by atoms with E-state index in [2.05, 4.69) is 53.0 Å². The van der Waals surface area contributed by atoms with Crippen molar-refractivity contribution in [3.8, 4) is 0 Å². The molecule has 0 aliphatic carbocycles. The molecule has 1 aliphatic heterocycles. The molecule has 1 amide bonds. The van der Waals surface area contributed by atoms with Crippen LogP contribution < -0.4 is 4.90 Å². The van der Waals surface area contributed by atoms with Crippen molar-refractivity contribution in [3.63, 3.8) is 0 Å². The van der Waals surface area contributed by atoms with Gasteiger partial charge in [-0.25, -0.2) is 4.98 Å². The second kappa shape index (κ2) is 7.43. The van der Waals surface area contributed by atoms with Crippen LogP contribution in [-0.2, 0) is 11.2 Å². The number of aromatic nitrogens is 2. The second-order valence-corrected chi connectivity index (χ2v) is 7.42. The van der Waals surface area contributed by atoms with E-state index in [4.69, 9.17) is 0 Å². The summed E-state index contributed by atoms with van der Waals surface area (Å²) in [5, 5.41) is 0. The minimum atomic E-state index is 0.214. The third-order valence-electron chi connectivity index (χ3n) is 5.36. The lowest BCUT2D eigenvalue weighted by Crippen LogP contribution is -2.53. The van der Waals surface area contributed by atoms with Gasteiger partial charge >= 0.3 is 0 Å². The van der Waals surface area contributed by atoms with Crippen LogP contribution in [-0.4, -0.2) is 46.5 Å². The molecule has 4 rings (SSSR count). The van der Waals surface area contributed by atoms with Gasteiger partial charge in [-0.1, -0.05) is 29.8 Å². The highest BCUT2D eigenvalue weighted by molar-refractivity contribution is 5.77. The minimum absolute atomic E-state index is 0.214. The Bertz CT molecular complexity index is 898. The number of H-pyrrole nitrogens is 1. The van der Waals surface area contributed by atoms with Gasteiger partial charge in [0.2, 0.25) is 5.91 Å². The van der Waals surface area contributed by atoms with E-state index in [-0.39, 0.29) is 5.91 Å². The van der Waals surface area contributed by atoms with Crippen molar-refractivity contribution < 1.29 is 4.79 Å². The molecular weight excluding hydrogens is 336 g/mol. The van der Waals surface area contributed by atoms with Crippen LogP contribution in [0.5, 0.6) is 0 Å². The summed E-state index contributed by atoms with van der Waals surface area (Å²) in [5.74, 6) is 1.10. The van der Waals surface area contributed by atoms with Crippen LogP contribution in [0.1, 0.15) is 24.7 Å². The molecule has 3 aromatic rings. The largest absolute Gasteiger partial charge is 0.365 e. The Labute approximate surface area is 160 Å². The van der Waals surface area contributed by atoms with E-state index in [1.165, 1.54) is 11.3 Å². The van der Waals surface area contributed by atoms with E-state index >= 15 is 0 Å². The molecule has 0 bridgehead atoms. The lowest BCUT2D eigenvalue weighted by atomic mass is 10.1. The number of aryl methyl sites for hydroxylation is 2. The zero-order valence-electron chi connectivity index (χ0n) is 16.0. The first-order valence-electron chi connectivity index (χ1n) is 9.65. The van der Waals surface area contributed by atoms with Crippen LogP contribution in [0.15, 0.2) is 48.5 Å². The summed E-state index contributed by atoms with van der Waals surface area (Å²) in [6, 6.07) is 16.9. The molecule has 2 heterocycles. The highest BCUT2D eigenvalue weighted by Crippen LogP contribution is 2.21. The molecule has 1 aromatic heterocycles. The van der Waals surface area contributed by atoms with Crippen molar-refractivity contribution >= 4 is 22.6 Å². The van der Waals surface area contributed by atoms with Crippen LogP contribution in [0.2, 0.25) is 0 Å². The number of anilines is 1. The van der Waals surface area contributed by atoms with Crippen molar-refractivity contribution in [2.75, 3.05) is 24.5 Å². The summed E-state index contributed by atoms with van der Waals surface area (Å²) in [6.07, 6.45) is 1.15. The first-order chi connectivity index (χ1) is 13.1. The Kier molecular flexibility index (Phi) is 4.84. The molecule has 1 N–H and O–H groups in total. The number of aromatic amines is 1. The molecule has 27 heavy (non-hydrogen) atoms. The fourth-order valence-corrected chi connectivity index (χ4v) is 3.81. The molecule has 1 fully saturated rings. The van der Waals surface area contributed by atoms with E-state index < -0.39 is 0 Å². The molecule has 5 heteroatoms. The summed E-state index contributed by atoms with van der Waals surface area (Å²) in [7, 11) is 0. The maximum absolute atomic E-state index is 12.7. The molecule has 1 aliphatic rings. The first-order valence-corrected chi connectivity index (χ1v) is 9.65. The summed E-state index contributed by atoms with van der Waals surface area (Å²) >= 11 is 0. The van der Waals surface area contributed by atoms with Crippen LogP contribution in [0.25, 0.3) is 11.0 Å². The number of carbonyl (C=O) groups excluding carboxylic acids is 1. The number of piperazine rings is 1. The average Bonchev–Trinajstić information content (AvgIpc) is 3.10. The van der Waals surface area contributed by atoms with Gasteiger partial charge in [-0.2, -0.15) is 0 Å². The summed E-state index contributed by atoms with van der Waals surface area (Å²) in [4.78, 5) is 24.9. The van der Waals surface area contributed by atoms with Crippen molar-refractivity contribution in [2.45, 2.75) is 32.7 Å². The number of hydrogen-bond donors (Lipinski definition) is 1. The van der Waals surface area contributed by atoms with E-state index in [0.29, 0.717) is 18.9 Å². The fourth-order valence-electron chi connectivity index (χ4n) is 3.81. The molecule has 140 valence electrons. The predicted molar refractivity (Wildman–Crippen MR) is 109 cm³/mol. The topological polar surface area (TPSA) is 52.2 Å². The number of carbonyl (C=O) groups is 1. The highest BCUT2D eigenvalue weighted by Gasteiger charge is 2.26. The van der Waals surface area contributed by atoms with E-state index in [1.807, 2.05) is 29.2 Å². The molecule has 0 unspecified atom stereocenters. The normalized spacial score (nSPS) is 17.5. The molecule has 2 aromatic carbocycles.